The van der Waals surface area contributed by atoms with Gasteiger partial charge in [0.05, 0.1) is 29.6 Å². The van der Waals surface area contributed by atoms with Gasteiger partial charge in [0.2, 0.25) is 0 Å². The van der Waals surface area contributed by atoms with Crippen LogP contribution in [0, 0.1) is 0 Å². The van der Waals surface area contributed by atoms with Gasteiger partial charge >= 0.3 is 0 Å². The van der Waals surface area contributed by atoms with Gasteiger partial charge in [0.1, 0.15) is 4.47 Å². The Bertz CT molecular complexity index is 609. The lowest BCUT2D eigenvalue weighted by Crippen LogP contribution is -2.24. The second kappa shape index (κ2) is 6.63. The molecule has 0 aliphatic heterocycles. The van der Waals surface area contributed by atoms with Gasteiger partial charge in [-0.2, -0.15) is 5.10 Å². The average molecular weight is 341 g/mol. The SMILES string of the molecule is C=CCn1ncc(NCCc2cscn2)c(Br)c1=O. The molecule has 2 heterocycles. The van der Waals surface area contributed by atoms with E-state index in [0.29, 0.717) is 23.2 Å². The van der Waals surface area contributed by atoms with Crippen molar-refractivity contribution in [2.75, 3.05) is 11.9 Å². The molecule has 0 amide bonds. The van der Waals surface area contributed by atoms with E-state index >= 15 is 0 Å². The number of nitrogens with zero attached hydrogens (tertiary/aromatic N) is 3. The Labute approximate surface area is 123 Å². The minimum Gasteiger partial charge on any atom is -0.382 e. The number of aromatic nitrogens is 3. The highest BCUT2D eigenvalue weighted by molar-refractivity contribution is 9.10. The van der Waals surface area contributed by atoms with Gasteiger partial charge in [-0.05, 0) is 15.9 Å². The second-order valence-electron chi connectivity index (χ2n) is 3.80. The molecule has 2 aromatic heterocycles. The van der Waals surface area contributed by atoms with Crippen LogP contribution >= 0.6 is 27.3 Å². The summed E-state index contributed by atoms with van der Waals surface area (Å²) in [5, 5.41) is 9.26. The van der Waals surface area contributed by atoms with E-state index in [1.165, 1.54) is 4.68 Å². The van der Waals surface area contributed by atoms with Gasteiger partial charge in [-0.3, -0.25) is 4.79 Å². The summed E-state index contributed by atoms with van der Waals surface area (Å²) in [4.78, 5) is 16.1. The highest BCUT2D eigenvalue weighted by Crippen LogP contribution is 2.16. The number of nitrogens with one attached hydrogen (secondary N) is 1. The summed E-state index contributed by atoms with van der Waals surface area (Å²) in [7, 11) is 0. The van der Waals surface area contributed by atoms with E-state index in [1.54, 1.807) is 23.6 Å². The van der Waals surface area contributed by atoms with Crippen LogP contribution in [0.15, 0.2) is 39.0 Å². The van der Waals surface area contributed by atoms with Crippen LogP contribution in [0.3, 0.4) is 0 Å². The van der Waals surface area contributed by atoms with E-state index in [0.717, 1.165) is 12.1 Å². The van der Waals surface area contributed by atoms with Crippen molar-refractivity contribution in [2.45, 2.75) is 13.0 Å². The quantitative estimate of drug-likeness (QED) is 0.819. The summed E-state index contributed by atoms with van der Waals surface area (Å²) in [5.74, 6) is 0. The Hall–Kier alpha value is -1.47. The van der Waals surface area contributed by atoms with Crippen LogP contribution in [-0.4, -0.2) is 21.3 Å². The number of hydrogen-bond acceptors (Lipinski definition) is 5. The van der Waals surface area contributed by atoms with Crippen molar-refractivity contribution in [2.24, 2.45) is 0 Å². The van der Waals surface area contributed by atoms with Crippen molar-refractivity contribution >= 4 is 33.0 Å². The van der Waals surface area contributed by atoms with Gasteiger partial charge in [-0.1, -0.05) is 6.08 Å². The Morgan fingerprint density at radius 1 is 1.58 bits per heavy atom. The van der Waals surface area contributed by atoms with Gasteiger partial charge in [-0.25, -0.2) is 9.67 Å². The Morgan fingerprint density at radius 3 is 3.11 bits per heavy atom. The molecule has 2 aromatic rings. The molecule has 0 atom stereocenters. The number of hydrogen-bond donors (Lipinski definition) is 1. The first-order chi connectivity index (χ1) is 9.22. The third-order valence-electron chi connectivity index (χ3n) is 2.47. The second-order valence-corrected chi connectivity index (χ2v) is 5.32. The van der Waals surface area contributed by atoms with Gasteiger partial charge in [0.25, 0.3) is 5.56 Å². The summed E-state index contributed by atoms with van der Waals surface area (Å²) < 4.78 is 1.84. The van der Waals surface area contributed by atoms with Gasteiger partial charge in [-0.15, -0.1) is 17.9 Å². The van der Waals surface area contributed by atoms with Crippen molar-refractivity contribution in [1.82, 2.24) is 14.8 Å². The lowest BCUT2D eigenvalue weighted by molar-refractivity contribution is 0.649. The van der Waals surface area contributed by atoms with Crippen LogP contribution in [0.25, 0.3) is 0 Å². The first-order valence-electron chi connectivity index (χ1n) is 5.70. The molecule has 5 nitrogen and oxygen atoms in total. The molecule has 2 rings (SSSR count). The molecule has 0 bridgehead atoms. The molecule has 0 unspecified atom stereocenters. The van der Waals surface area contributed by atoms with Crippen LogP contribution in [0.5, 0.6) is 0 Å². The number of allylic oxidation sites excluding steroid dienone is 1. The molecule has 100 valence electrons. The molecular weight excluding hydrogens is 328 g/mol. The van der Waals surface area contributed by atoms with Crippen molar-refractivity contribution in [3.8, 4) is 0 Å². The maximum Gasteiger partial charge on any atom is 0.283 e. The third-order valence-corrected chi connectivity index (χ3v) is 3.87. The summed E-state index contributed by atoms with van der Waals surface area (Å²) >= 11 is 4.87. The van der Waals surface area contributed by atoms with Crippen LogP contribution < -0.4 is 10.9 Å². The highest BCUT2D eigenvalue weighted by atomic mass is 79.9. The molecule has 0 aromatic carbocycles. The largest absolute Gasteiger partial charge is 0.382 e. The number of rotatable bonds is 6. The van der Waals surface area contributed by atoms with Crippen molar-refractivity contribution in [3.63, 3.8) is 0 Å². The van der Waals surface area contributed by atoms with Crippen LogP contribution in [0.4, 0.5) is 5.69 Å². The fourth-order valence-corrected chi connectivity index (χ4v) is 2.57. The van der Waals surface area contributed by atoms with Crippen LogP contribution in [-0.2, 0) is 13.0 Å². The number of thiazole rings is 1. The molecule has 7 heteroatoms. The summed E-state index contributed by atoms with van der Waals surface area (Å²) in [6, 6.07) is 0. The molecule has 0 saturated heterocycles. The minimum atomic E-state index is -0.168. The maximum absolute atomic E-state index is 11.9. The molecule has 1 N–H and O–H groups in total. The summed E-state index contributed by atoms with van der Waals surface area (Å²) in [6.07, 6.45) is 4.08. The van der Waals surface area contributed by atoms with Crippen molar-refractivity contribution < 1.29 is 0 Å². The van der Waals surface area contributed by atoms with Gasteiger partial charge in [0, 0.05) is 18.3 Å². The van der Waals surface area contributed by atoms with E-state index in [-0.39, 0.29) is 5.56 Å². The molecule has 0 spiro atoms. The Kier molecular flexibility index (Phi) is 4.86. The van der Waals surface area contributed by atoms with E-state index in [2.05, 4.69) is 37.9 Å². The van der Waals surface area contributed by atoms with E-state index < -0.39 is 0 Å². The maximum atomic E-state index is 11.9. The molecule has 0 aliphatic carbocycles. The molecule has 19 heavy (non-hydrogen) atoms. The fourth-order valence-electron chi connectivity index (χ4n) is 1.53. The standard InChI is InChI=1S/C12H13BrN4OS/c1-2-5-17-12(18)11(13)10(6-16-17)14-4-3-9-7-19-8-15-9/h2,6-8,14H,1,3-5H2. The highest BCUT2D eigenvalue weighted by Gasteiger charge is 2.07. The number of halogens is 1. The summed E-state index contributed by atoms with van der Waals surface area (Å²) in [6.45, 7) is 4.69. The first-order valence-corrected chi connectivity index (χ1v) is 7.43. The Balaban J connectivity index is 2.02. The van der Waals surface area contributed by atoms with Gasteiger partial charge < -0.3 is 5.32 Å². The zero-order valence-corrected chi connectivity index (χ0v) is 12.6. The lowest BCUT2D eigenvalue weighted by atomic mass is 10.3. The molecular formula is C12H13BrN4OS. The summed E-state index contributed by atoms with van der Waals surface area (Å²) in [5.41, 5.74) is 3.38. The smallest absolute Gasteiger partial charge is 0.283 e. The monoisotopic (exact) mass is 340 g/mol. The first kappa shape index (κ1) is 14.0. The predicted molar refractivity (Wildman–Crippen MR) is 80.7 cm³/mol. The molecule has 0 saturated carbocycles. The molecule has 0 fully saturated rings. The predicted octanol–water partition coefficient (Wildman–Crippen LogP) is 2.30. The van der Waals surface area contributed by atoms with E-state index in [9.17, 15) is 4.79 Å². The molecule has 0 radical (unpaired) electrons. The topological polar surface area (TPSA) is 59.8 Å². The minimum absolute atomic E-state index is 0.168. The van der Waals surface area contributed by atoms with Gasteiger partial charge in [0.15, 0.2) is 0 Å². The Morgan fingerprint density at radius 2 is 2.42 bits per heavy atom. The van der Waals surface area contributed by atoms with Crippen molar-refractivity contribution in [3.05, 3.63) is 50.3 Å². The zero-order valence-electron chi connectivity index (χ0n) is 10.2. The fraction of sp³-hybridized carbons (Fsp3) is 0.250. The zero-order chi connectivity index (χ0) is 13.7. The lowest BCUT2D eigenvalue weighted by Gasteiger charge is -2.08. The van der Waals surface area contributed by atoms with Crippen molar-refractivity contribution in [1.29, 1.82) is 0 Å². The molecule has 0 aliphatic rings. The normalized spacial score (nSPS) is 10.4. The van der Waals surface area contributed by atoms with Crippen LogP contribution in [0.2, 0.25) is 0 Å². The van der Waals surface area contributed by atoms with Crippen LogP contribution in [0.1, 0.15) is 5.69 Å². The van der Waals surface area contributed by atoms with E-state index in [1.807, 2.05) is 10.9 Å². The number of anilines is 1. The average Bonchev–Trinajstić information content (AvgIpc) is 2.91. The van der Waals surface area contributed by atoms with E-state index in [4.69, 9.17) is 0 Å². The third kappa shape index (κ3) is 3.51.